The molecule has 0 unspecified atom stereocenters. The first-order chi connectivity index (χ1) is 10.4. The van der Waals surface area contributed by atoms with E-state index in [0.29, 0.717) is 5.95 Å². The Hall–Kier alpha value is -2.40. The van der Waals surface area contributed by atoms with E-state index >= 15 is 0 Å². The highest BCUT2D eigenvalue weighted by Gasteiger charge is 2.02. The highest BCUT2D eigenvalue weighted by molar-refractivity contribution is 5.83. The zero-order chi connectivity index (χ0) is 14.5. The molecule has 0 fully saturated rings. The van der Waals surface area contributed by atoms with Gasteiger partial charge in [-0.25, -0.2) is 9.97 Å². The van der Waals surface area contributed by atoms with Crippen LogP contribution < -0.4 is 10.6 Å². The van der Waals surface area contributed by atoms with Crippen molar-refractivity contribution in [3.8, 4) is 0 Å². The van der Waals surface area contributed by atoms with Gasteiger partial charge in [-0.15, -0.1) is 0 Å². The number of rotatable bonds is 6. The van der Waals surface area contributed by atoms with Gasteiger partial charge in [0, 0.05) is 48.6 Å². The maximum Gasteiger partial charge on any atom is 0.222 e. The Morgan fingerprint density at radius 1 is 1.14 bits per heavy atom. The number of hydrogen-bond acceptors (Lipinski definition) is 4. The van der Waals surface area contributed by atoms with Crippen LogP contribution in [0.2, 0.25) is 0 Å². The van der Waals surface area contributed by atoms with Crippen molar-refractivity contribution in [3.63, 3.8) is 0 Å². The summed E-state index contributed by atoms with van der Waals surface area (Å²) in [5, 5.41) is 7.65. The quantitative estimate of drug-likeness (QED) is 0.607. The summed E-state index contributed by atoms with van der Waals surface area (Å²) in [5.41, 5.74) is 3.64. The molecule has 0 saturated heterocycles. The largest absolute Gasteiger partial charge is 0.361 e. The van der Waals surface area contributed by atoms with Crippen LogP contribution in [0.15, 0.2) is 42.9 Å². The number of aromatic nitrogens is 3. The molecule has 0 radical (unpaired) electrons. The van der Waals surface area contributed by atoms with Crippen LogP contribution in [0, 0.1) is 0 Å². The van der Waals surface area contributed by atoms with Crippen LogP contribution in [0.25, 0.3) is 10.9 Å². The predicted molar refractivity (Wildman–Crippen MR) is 85.3 cm³/mol. The van der Waals surface area contributed by atoms with Crippen molar-refractivity contribution < 1.29 is 0 Å². The SMILES string of the molecule is CNc1ncc(CNCCc2c[nH]c3ccccc23)cn1. The molecule has 1 aromatic carbocycles. The van der Waals surface area contributed by atoms with Gasteiger partial charge in [0.05, 0.1) is 0 Å². The second-order valence-electron chi connectivity index (χ2n) is 4.95. The van der Waals surface area contributed by atoms with Crippen molar-refractivity contribution in [1.82, 2.24) is 20.3 Å². The van der Waals surface area contributed by atoms with Crippen LogP contribution >= 0.6 is 0 Å². The molecule has 0 saturated carbocycles. The standard InChI is InChI=1S/C16H19N5/c1-17-16-20-9-12(10-21-16)8-18-7-6-13-11-19-15-5-3-2-4-14(13)15/h2-5,9-11,18-19H,6-8H2,1H3,(H,17,20,21). The van der Waals surface area contributed by atoms with Crippen molar-refractivity contribution in [2.75, 3.05) is 18.9 Å². The molecule has 5 nitrogen and oxygen atoms in total. The Morgan fingerprint density at radius 3 is 2.76 bits per heavy atom. The molecule has 3 rings (SSSR count). The van der Waals surface area contributed by atoms with Gasteiger partial charge < -0.3 is 15.6 Å². The number of fused-ring (bicyclic) bond motifs is 1. The van der Waals surface area contributed by atoms with Crippen LogP contribution in [-0.4, -0.2) is 28.5 Å². The lowest BCUT2D eigenvalue weighted by Crippen LogP contribution is -2.17. The molecule has 0 aliphatic rings. The van der Waals surface area contributed by atoms with Gasteiger partial charge in [-0.3, -0.25) is 0 Å². The zero-order valence-electron chi connectivity index (χ0n) is 12.1. The highest BCUT2D eigenvalue weighted by atomic mass is 15.1. The van der Waals surface area contributed by atoms with E-state index in [-0.39, 0.29) is 0 Å². The Kier molecular flexibility index (Phi) is 4.12. The minimum absolute atomic E-state index is 0.651. The summed E-state index contributed by atoms with van der Waals surface area (Å²) in [6.07, 6.45) is 6.78. The first-order valence-corrected chi connectivity index (χ1v) is 7.11. The number of anilines is 1. The van der Waals surface area contributed by atoms with Crippen molar-refractivity contribution >= 4 is 16.9 Å². The van der Waals surface area contributed by atoms with Gasteiger partial charge in [-0.1, -0.05) is 18.2 Å². The molecule has 0 aliphatic carbocycles. The number of nitrogens with zero attached hydrogens (tertiary/aromatic N) is 2. The monoisotopic (exact) mass is 281 g/mol. The third kappa shape index (κ3) is 3.20. The number of benzene rings is 1. The van der Waals surface area contributed by atoms with E-state index in [9.17, 15) is 0 Å². The molecular formula is C16H19N5. The molecule has 3 aromatic rings. The summed E-state index contributed by atoms with van der Waals surface area (Å²) in [6.45, 7) is 1.71. The smallest absolute Gasteiger partial charge is 0.222 e. The molecular weight excluding hydrogens is 262 g/mol. The Morgan fingerprint density at radius 2 is 1.95 bits per heavy atom. The van der Waals surface area contributed by atoms with E-state index in [1.807, 2.05) is 19.4 Å². The van der Waals surface area contributed by atoms with Crippen LogP contribution in [0.5, 0.6) is 0 Å². The van der Waals surface area contributed by atoms with Gasteiger partial charge in [-0.2, -0.15) is 0 Å². The lowest BCUT2D eigenvalue weighted by molar-refractivity contribution is 0.684. The van der Waals surface area contributed by atoms with Gasteiger partial charge in [0.1, 0.15) is 0 Å². The zero-order valence-corrected chi connectivity index (χ0v) is 12.1. The number of nitrogens with one attached hydrogen (secondary N) is 3. The fourth-order valence-corrected chi connectivity index (χ4v) is 2.37. The number of para-hydroxylation sites is 1. The third-order valence-electron chi connectivity index (χ3n) is 3.50. The minimum Gasteiger partial charge on any atom is -0.361 e. The van der Waals surface area contributed by atoms with Gasteiger partial charge >= 0.3 is 0 Å². The molecule has 0 spiro atoms. The Bertz CT molecular complexity index is 702. The van der Waals surface area contributed by atoms with E-state index in [0.717, 1.165) is 25.1 Å². The maximum absolute atomic E-state index is 4.20. The van der Waals surface area contributed by atoms with Crippen molar-refractivity contribution in [3.05, 3.63) is 54.0 Å². The van der Waals surface area contributed by atoms with Crippen LogP contribution in [0.4, 0.5) is 5.95 Å². The lowest BCUT2D eigenvalue weighted by Gasteiger charge is -2.05. The second-order valence-corrected chi connectivity index (χ2v) is 4.95. The fourth-order valence-electron chi connectivity index (χ4n) is 2.37. The van der Waals surface area contributed by atoms with E-state index < -0.39 is 0 Å². The molecule has 5 heteroatoms. The minimum atomic E-state index is 0.651. The summed E-state index contributed by atoms with van der Waals surface area (Å²) < 4.78 is 0. The normalized spacial score (nSPS) is 10.9. The van der Waals surface area contributed by atoms with Crippen LogP contribution in [0.3, 0.4) is 0 Å². The van der Waals surface area contributed by atoms with Gasteiger partial charge in [0.25, 0.3) is 0 Å². The molecule has 2 heterocycles. The number of aromatic amines is 1. The van der Waals surface area contributed by atoms with Crippen LogP contribution in [-0.2, 0) is 13.0 Å². The van der Waals surface area contributed by atoms with E-state index in [1.54, 1.807) is 0 Å². The summed E-state index contributed by atoms with van der Waals surface area (Å²) in [4.78, 5) is 11.7. The summed E-state index contributed by atoms with van der Waals surface area (Å²) in [7, 11) is 1.81. The average molecular weight is 281 g/mol. The van der Waals surface area contributed by atoms with E-state index in [2.05, 4.69) is 56.0 Å². The predicted octanol–water partition coefficient (Wildman–Crippen LogP) is 2.33. The van der Waals surface area contributed by atoms with Crippen molar-refractivity contribution in [1.29, 1.82) is 0 Å². The third-order valence-corrected chi connectivity index (χ3v) is 3.50. The molecule has 0 aliphatic heterocycles. The fraction of sp³-hybridized carbons (Fsp3) is 0.250. The van der Waals surface area contributed by atoms with Crippen LogP contribution in [0.1, 0.15) is 11.1 Å². The molecule has 2 aromatic heterocycles. The van der Waals surface area contributed by atoms with Crippen molar-refractivity contribution in [2.24, 2.45) is 0 Å². The van der Waals surface area contributed by atoms with E-state index in [4.69, 9.17) is 0 Å². The molecule has 0 bridgehead atoms. The summed E-state index contributed by atoms with van der Waals surface area (Å²) in [6, 6.07) is 8.39. The topological polar surface area (TPSA) is 65.6 Å². The van der Waals surface area contributed by atoms with Gasteiger partial charge in [-0.05, 0) is 24.6 Å². The molecule has 0 amide bonds. The average Bonchev–Trinajstić information content (AvgIpc) is 2.95. The van der Waals surface area contributed by atoms with Gasteiger partial charge in [0.2, 0.25) is 5.95 Å². The molecule has 21 heavy (non-hydrogen) atoms. The number of H-pyrrole nitrogens is 1. The first kappa shape index (κ1) is 13.6. The molecule has 3 N–H and O–H groups in total. The Balaban J connectivity index is 1.51. The van der Waals surface area contributed by atoms with E-state index in [1.165, 1.54) is 16.5 Å². The summed E-state index contributed by atoms with van der Waals surface area (Å²) in [5.74, 6) is 0.651. The highest BCUT2D eigenvalue weighted by Crippen LogP contribution is 2.17. The van der Waals surface area contributed by atoms with Gasteiger partial charge in [0.15, 0.2) is 0 Å². The van der Waals surface area contributed by atoms with Crippen molar-refractivity contribution in [2.45, 2.75) is 13.0 Å². The Labute approximate surface area is 123 Å². The number of hydrogen-bond donors (Lipinski definition) is 3. The maximum atomic E-state index is 4.20. The molecule has 0 atom stereocenters. The first-order valence-electron chi connectivity index (χ1n) is 7.11. The molecule has 108 valence electrons. The summed E-state index contributed by atoms with van der Waals surface area (Å²) >= 11 is 0. The lowest BCUT2D eigenvalue weighted by atomic mass is 10.1. The second kappa shape index (κ2) is 6.37.